The highest BCUT2D eigenvalue weighted by atomic mass is 19.4. The molecule has 0 radical (unpaired) electrons. The van der Waals surface area contributed by atoms with Crippen LogP contribution in [0.25, 0.3) is 0 Å². The molecule has 0 saturated heterocycles. The average molecular weight is 262 g/mol. The molecule has 1 N–H and O–H groups in total. The normalized spacial score (nSPS) is 13.4. The first-order valence-electron chi connectivity index (χ1n) is 5.51. The van der Waals surface area contributed by atoms with E-state index in [-0.39, 0.29) is 6.04 Å². The van der Waals surface area contributed by atoms with Crippen LogP contribution < -0.4 is 10.4 Å². The first-order chi connectivity index (χ1) is 8.29. The topological polar surface area (TPSA) is 24.5 Å². The van der Waals surface area contributed by atoms with E-state index in [1.54, 1.807) is 6.92 Å². The molecule has 1 aromatic rings. The average Bonchev–Trinajstić information content (AvgIpc) is 2.27. The van der Waals surface area contributed by atoms with Crippen molar-refractivity contribution in [2.45, 2.75) is 19.1 Å². The summed E-state index contributed by atoms with van der Waals surface area (Å²) in [4.78, 5) is 6.35. The van der Waals surface area contributed by atoms with Crippen LogP contribution in [0.3, 0.4) is 0 Å². The van der Waals surface area contributed by atoms with Crippen LogP contribution >= 0.6 is 0 Å². The molecule has 0 spiro atoms. The molecule has 0 amide bonds. The summed E-state index contributed by atoms with van der Waals surface area (Å²) in [6, 6.07) is 7.20. The lowest BCUT2D eigenvalue weighted by Crippen LogP contribution is -2.26. The van der Waals surface area contributed by atoms with E-state index in [9.17, 15) is 13.2 Å². The number of hydroxylamine groups is 1. The van der Waals surface area contributed by atoms with Gasteiger partial charge in [-0.2, -0.15) is 18.7 Å². The van der Waals surface area contributed by atoms with E-state index in [1.165, 1.54) is 0 Å². The number of rotatable bonds is 5. The SMILES string of the molecule is CC(NOCC(F)(F)F)c1ccc(N(C)C)cc1. The lowest BCUT2D eigenvalue weighted by molar-refractivity contribution is -0.192. The Balaban J connectivity index is 2.49. The van der Waals surface area contributed by atoms with E-state index in [2.05, 4.69) is 10.3 Å². The molecule has 18 heavy (non-hydrogen) atoms. The fraction of sp³-hybridized carbons (Fsp3) is 0.500. The van der Waals surface area contributed by atoms with Crippen molar-refractivity contribution in [1.29, 1.82) is 0 Å². The van der Waals surface area contributed by atoms with Crippen LogP contribution in [0.2, 0.25) is 0 Å². The summed E-state index contributed by atoms with van der Waals surface area (Å²) in [5, 5.41) is 0. The van der Waals surface area contributed by atoms with E-state index in [1.807, 2.05) is 43.3 Å². The third kappa shape index (κ3) is 4.93. The van der Waals surface area contributed by atoms with Crippen molar-refractivity contribution in [3.8, 4) is 0 Å². The maximum absolute atomic E-state index is 11.9. The van der Waals surface area contributed by atoms with E-state index in [0.717, 1.165) is 11.3 Å². The molecular formula is C12H17F3N2O. The van der Waals surface area contributed by atoms with Crippen LogP contribution in [-0.2, 0) is 4.84 Å². The first kappa shape index (κ1) is 14.8. The summed E-state index contributed by atoms with van der Waals surface area (Å²) in [6.45, 7) is 0.439. The molecule has 102 valence electrons. The van der Waals surface area contributed by atoms with Crippen LogP contribution in [-0.4, -0.2) is 26.9 Å². The smallest absolute Gasteiger partial charge is 0.378 e. The fourth-order valence-corrected chi connectivity index (χ4v) is 1.38. The third-order valence-electron chi connectivity index (χ3n) is 2.41. The molecule has 0 bridgehead atoms. The van der Waals surface area contributed by atoms with Crippen LogP contribution in [0.15, 0.2) is 24.3 Å². The van der Waals surface area contributed by atoms with Crippen LogP contribution in [0.4, 0.5) is 18.9 Å². The highest BCUT2D eigenvalue weighted by Crippen LogP contribution is 2.18. The Hall–Kier alpha value is -1.27. The van der Waals surface area contributed by atoms with Crippen molar-refractivity contribution < 1.29 is 18.0 Å². The first-order valence-corrected chi connectivity index (χ1v) is 5.51. The largest absolute Gasteiger partial charge is 0.413 e. The monoisotopic (exact) mass is 262 g/mol. The van der Waals surface area contributed by atoms with Gasteiger partial charge in [0.15, 0.2) is 6.61 Å². The summed E-state index contributed by atoms with van der Waals surface area (Å²) in [5.74, 6) is 0. The summed E-state index contributed by atoms with van der Waals surface area (Å²) in [7, 11) is 3.84. The third-order valence-corrected chi connectivity index (χ3v) is 2.41. The zero-order chi connectivity index (χ0) is 13.8. The molecule has 3 nitrogen and oxygen atoms in total. The highest BCUT2D eigenvalue weighted by molar-refractivity contribution is 5.46. The van der Waals surface area contributed by atoms with Gasteiger partial charge in [-0.05, 0) is 24.6 Å². The van der Waals surface area contributed by atoms with Gasteiger partial charge in [-0.1, -0.05) is 12.1 Å². The van der Waals surface area contributed by atoms with Crippen molar-refractivity contribution in [3.05, 3.63) is 29.8 Å². The number of hydrogen-bond acceptors (Lipinski definition) is 3. The molecule has 1 unspecified atom stereocenters. The van der Waals surface area contributed by atoms with Gasteiger partial charge in [-0.3, -0.25) is 4.84 Å². The Kier molecular flexibility index (Phi) is 4.98. The Morgan fingerprint density at radius 3 is 2.22 bits per heavy atom. The van der Waals surface area contributed by atoms with Crippen molar-refractivity contribution in [1.82, 2.24) is 5.48 Å². The number of nitrogens with zero attached hydrogens (tertiary/aromatic N) is 1. The van der Waals surface area contributed by atoms with Crippen molar-refractivity contribution >= 4 is 5.69 Å². The Morgan fingerprint density at radius 2 is 1.78 bits per heavy atom. The number of nitrogens with one attached hydrogen (secondary N) is 1. The van der Waals surface area contributed by atoms with E-state index in [0.29, 0.717) is 0 Å². The molecule has 1 rings (SSSR count). The summed E-state index contributed by atoms with van der Waals surface area (Å²) < 4.78 is 35.6. The van der Waals surface area contributed by atoms with E-state index < -0.39 is 12.8 Å². The van der Waals surface area contributed by atoms with Gasteiger partial charge in [-0.15, -0.1) is 0 Å². The maximum atomic E-state index is 11.9. The van der Waals surface area contributed by atoms with Crippen molar-refractivity contribution in [2.75, 3.05) is 25.6 Å². The maximum Gasteiger partial charge on any atom is 0.413 e. The summed E-state index contributed by atoms with van der Waals surface area (Å²) in [5.41, 5.74) is 4.26. The Morgan fingerprint density at radius 1 is 1.22 bits per heavy atom. The molecule has 0 fully saturated rings. The number of benzene rings is 1. The van der Waals surface area contributed by atoms with Gasteiger partial charge < -0.3 is 4.90 Å². The minimum Gasteiger partial charge on any atom is -0.378 e. The second kappa shape index (κ2) is 6.06. The molecule has 0 aliphatic carbocycles. The van der Waals surface area contributed by atoms with Gasteiger partial charge in [0.05, 0.1) is 6.04 Å². The molecular weight excluding hydrogens is 245 g/mol. The number of hydrogen-bond donors (Lipinski definition) is 1. The fourth-order valence-electron chi connectivity index (χ4n) is 1.38. The lowest BCUT2D eigenvalue weighted by atomic mass is 10.1. The molecule has 6 heteroatoms. The number of anilines is 1. The summed E-state index contributed by atoms with van der Waals surface area (Å²) in [6.07, 6.45) is -4.32. The quantitative estimate of drug-likeness (QED) is 0.826. The van der Waals surface area contributed by atoms with E-state index in [4.69, 9.17) is 0 Å². The van der Waals surface area contributed by atoms with Gasteiger partial charge in [0.1, 0.15) is 0 Å². The van der Waals surface area contributed by atoms with Gasteiger partial charge in [0.2, 0.25) is 0 Å². The molecule has 0 aliphatic rings. The predicted octanol–water partition coefficient (Wildman–Crippen LogP) is 2.90. The summed E-state index contributed by atoms with van der Waals surface area (Å²) >= 11 is 0. The minimum atomic E-state index is -4.32. The number of halogens is 3. The highest BCUT2D eigenvalue weighted by Gasteiger charge is 2.28. The van der Waals surface area contributed by atoms with Gasteiger partial charge in [0.25, 0.3) is 0 Å². The van der Waals surface area contributed by atoms with Gasteiger partial charge in [-0.25, -0.2) is 0 Å². The second-order valence-electron chi connectivity index (χ2n) is 4.23. The van der Waals surface area contributed by atoms with Crippen LogP contribution in [0.1, 0.15) is 18.5 Å². The Bertz CT molecular complexity index is 363. The second-order valence-corrected chi connectivity index (χ2v) is 4.23. The van der Waals surface area contributed by atoms with Gasteiger partial charge in [0, 0.05) is 19.8 Å². The van der Waals surface area contributed by atoms with Crippen molar-refractivity contribution in [2.24, 2.45) is 0 Å². The zero-order valence-corrected chi connectivity index (χ0v) is 10.6. The molecule has 0 aromatic heterocycles. The molecule has 0 aliphatic heterocycles. The number of alkyl halides is 3. The standard InChI is InChI=1S/C12H17F3N2O/c1-9(16-18-8-12(13,14)15)10-4-6-11(7-5-10)17(2)3/h4-7,9,16H,8H2,1-3H3. The zero-order valence-electron chi connectivity index (χ0n) is 10.6. The van der Waals surface area contributed by atoms with Gasteiger partial charge >= 0.3 is 6.18 Å². The predicted molar refractivity (Wildman–Crippen MR) is 64.3 cm³/mol. The van der Waals surface area contributed by atoms with Crippen LogP contribution in [0.5, 0.6) is 0 Å². The lowest BCUT2D eigenvalue weighted by Gasteiger charge is -2.17. The Labute approximate surface area is 104 Å². The van der Waals surface area contributed by atoms with E-state index >= 15 is 0 Å². The minimum absolute atomic E-state index is 0.302. The molecule has 0 heterocycles. The molecule has 0 saturated carbocycles. The molecule has 1 aromatic carbocycles. The molecule has 1 atom stereocenters. The van der Waals surface area contributed by atoms with Crippen molar-refractivity contribution in [3.63, 3.8) is 0 Å². The van der Waals surface area contributed by atoms with Crippen LogP contribution in [0, 0.1) is 0 Å².